The maximum Gasteiger partial charge on any atom is 0.352 e. The van der Waals surface area contributed by atoms with Crippen molar-refractivity contribution in [1.82, 2.24) is 0 Å². The summed E-state index contributed by atoms with van der Waals surface area (Å²) in [5.41, 5.74) is 2.54. The molecule has 0 spiro atoms. The van der Waals surface area contributed by atoms with E-state index in [-0.39, 0.29) is 6.61 Å². The number of rotatable bonds is 10. The van der Waals surface area contributed by atoms with Gasteiger partial charge in [-0.15, -0.1) is 0 Å². The fourth-order valence-corrected chi connectivity index (χ4v) is 2.96. The predicted molar refractivity (Wildman–Crippen MR) is 121 cm³/mol. The van der Waals surface area contributed by atoms with Gasteiger partial charge in [0.2, 0.25) is 0 Å². The molecule has 3 aromatic carbocycles. The molecule has 166 valence electrons. The summed E-state index contributed by atoms with van der Waals surface area (Å²) in [5, 5.41) is 0. The van der Waals surface area contributed by atoms with E-state index >= 15 is 0 Å². The lowest BCUT2D eigenvalue weighted by Gasteiger charge is -2.17. The number of carbonyl (C=O) groups is 2. The standard InChI is InChI=1S/C26H26O6/c1-3-24(31-22-13-9-20(10-14-22)19-7-5-4-6-8-19)26(28)32-23-15-11-21(12-16-23)25(27)30-18-17-29-2/h4-16,24H,3,17-18H2,1-2H3. The van der Waals surface area contributed by atoms with Gasteiger partial charge in [-0.25, -0.2) is 9.59 Å². The van der Waals surface area contributed by atoms with Crippen LogP contribution in [0.25, 0.3) is 11.1 Å². The normalized spacial score (nSPS) is 11.4. The van der Waals surface area contributed by atoms with Crippen LogP contribution in [0.2, 0.25) is 0 Å². The molecule has 0 aliphatic carbocycles. The van der Waals surface area contributed by atoms with Gasteiger partial charge in [0.15, 0.2) is 6.10 Å². The first-order valence-electron chi connectivity index (χ1n) is 10.4. The fourth-order valence-electron chi connectivity index (χ4n) is 2.96. The van der Waals surface area contributed by atoms with Gasteiger partial charge < -0.3 is 18.9 Å². The van der Waals surface area contributed by atoms with E-state index in [4.69, 9.17) is 18.9 Å². The average Bonchev–Trinajstić information content (AvgIpc) is 2.84. The predicted octanol–water partition coefficient (Wildman–Crippen LogP) is 4.92. The number of methoxy groups -OCH3 is 1. The second-order valence-electron chi connectivity index (χ2n) is 6.98. The Balaban J connectivity index is 1.57. The van der Waals surface area contributed by atoms with E-state index < -0.39 is 18.0 Å². The van der Waals surface area contributed by atoms with Crippen LogP contribution < -0.4 is 9.47 Å². The Labute approximate surface area is 187 Å². The number of hydrogen-bond acceptors (Lipinski definition) is 6. The van der Waals surface area contributed by atoms with Gasteiger partial charge >= 0.3 is 11.9 Å². The fraction of sp³-hybridized carbons (Fsp3) is 0.231. The molecule has 0 bridgehead atoms. The Morgan fingerprint density at radius 3 is 2.03 bits per heavy atom. The van der Waals surface area contributed by atoms with E-state index in [1.165, 1.54) is 7.11 Å². The first-order chi connectivity index (χ1) is 15.6. The van der Waals surface area contributed by atoms with Crippen LogP contribution >= 0.6 is 0 Å². The largest absolute Gasteiger partial charge is 0.479 e. The Hall–Kier alpha value is -3.64. The van der Waals surface area contributed by atoms with Crippen LogP contribution in [-0.4, -0.2) is 38.4 Å². The summed E-state index contributed by atoms with van der Waals surface area (Å²) in [4.78, 5) is 24.5. The molecule has 6 heteroatoms. The van der Waals surface area contributed by atoms with Crippen molar-refractivity contribution in [1.29, 1.82) is 0 Å². The molecule has 0 aliphatic heterocycles. The Kier molecular flexibility index (Phi) is 8.40. The zero-order chi connectivity index (χ0) is 22.8. The van der Waals surface area contributed by atoms with E-state index in [0.717, 1.165) is 11.1 Å². The number of carbonyl (C=O) groups excluding carboxylic acids is 2. The van der Waals surface area contributed by atoms with Gasteiger partial charge in [0.25, 0.3) is 0 Å². The van der Waals surface area contributed by atoms with Gasteiger partial charge in [0.1, 0.15) is 18.1 Å². The topological polar surface area (TPSA) is 71.1 Å². The van der Waals surface area contributed by atoms with Crippen LogP contribution in [-0.2, 0) is 14.3 Å². The molecule has 0 heterocycles. The summed E-state index contributed by atoms with van der Waals surface area (Å²) in [6.07, 6.45) is -0.306. The molecule has 6 nitrogen and oxygen atoms in total. The van der Waals surface area contributed by atoms with E-state index in [9.17, 15) is 9.59 Å². The van der Waals surface area contributed by atoms with Crippen molar-refractivity contribution < 1.29 is 28.5 Å². The van der Waals surface area contributed by atoms with Crippen molar-refractivity contribution in [2.75, 3.05) is 20.3 Å². The summed E-state index contributed by atoms with van der Waals surface area (Å²) < 4.78 is 21.2. The van der Waals surface area contributed by atoms with Crippen molar-refractivity contribution in [3.63, 3.8) is 0 Å². The van der Waals surface area contributed by atoms with Gasteiger partial charge in [-0.05, 0) is 53.9 Å². The minimum Gasteiger partial charge on any atom is -0.479 e. The molecule has 0 N–H and O–H groups in total. The molecule has 3 aromatic rings. The molecule has 0 saturated heterocycles. The van der Waals surface area contributed by atoms with E-state index in [0.29, 0.717) is 30.1 Å². The highest BCUT2D eigenvalue weighted by molar-refractivity contribution is 5.89. The van der Waals surface area contributed by atoms with Crippen LogP contribution in [0.1, 0.15) is 23.7 Å². The smallest absolute Gasteiger partial charge is 0.352 e. The average molecular weight is 434 g/mol. The lowest BCUT2D eigenvalue weighted by Crippen LogP contribution is -2.30. The molecule has 0 aromatic heterocycles. The van der Waals surface area contributed by atoms with Crippen LogP contribution in [0.3, 0.4) is 0 Å². The third-order valence-electron chi connectivity index (χ3n) is 4.70. The van der Waals surface area contributed by atoms with Crippen molar-refractivity contribution in [2.24, 2.45) is 0 Å². The van der Waals surface area contributed by atoms with Crippen molar-refractivity contribution >= 4 is 11.9 Å². The second-order valence-corrected chi connectivity index (χ2v) is 6.98. The lowest BCUT2D eigenvalue weighted by atomic mass is 10.1. The van der Waals surface area contributed by atoms with Crippen molar-refractivity contribution in [2.45, 2.75) is 19.4 Å². The molecular formula is C26H26O6. The highest BCUT2D eigenvalue weighted by Crippen LogP contribution is 2.23. The van der Waals surface area contributed by atoms with Crippen molar-refractivity contribution in [3.05, 3.63) is 84.4 Å². The molecule has 0 aliphatic rings. The van der Waals surface area contributed by atoms with Gasteiger partial charge in [-0.2, -0.15) is 0 Å². The minimum absolute atomic E-state index is 0.175. The van der Waals surface area contributed by atoms with Gasteiger partial charge in [-0.3, -0.25) is 0 Å². The van der Waals surface area contributed by atoms with Crippen LogP contribution in [0, 0.1) is 0 Å². The molecular weight excluding hydrogens is 408 g/mol. The maximum absolute atomic E-state index is 12.6. The highest BCUT2D eigenvalue weighted by atomic mass is 16.6. The zero-order valence-electron chi connectivity index (χ0n) is 18.2. The molecule has 0 fully saturated rings. The highest BCUT2D eigenvalue weighted by Gasteiger charge is 2.21. The SMILES string of the molecule is CCC(Oc1ccc(-c2ccccc2)cc1)C(=O)Oc1ccc(C(=O)OCCOC)cc1. The quantitative estimate of drug-likeness (QED) is 0.256. The third-order valence-corrected chi connectivity index (χ3v) is 4.70. The van der Waals surface area contributed by atoms with E-state index in [1.54, 1.807) is 24.3 Å². The summed E-state index contributed by atoms with van der Waals surface area (Å²) >= 11 is 0. The first-order valence-corrected chi connectivity index (χ1v) is 10.4. The van der Waals surface area contributed by atoms with Crippen LogP contribution in [0.15, 0.2) is 78.9 Å². The monoisotopic (exact) mass is 434 g/mol. The van der Waals surface area contributed by atoms with E-state index in [1.807, 2.05) is 61.5 Å². The number of hydrogen-bond donors (Lipinski definition) is 0. The molecule has 0 radical (unpaired) electrons. The minimum atomic E-state index is -0.753. The van der Waals surface area contributed by atoms with Crippen molar-refractivity contribution in [3.8, 4) is 22.6 Å². The molecule has 0 saturated carbocycles. The Morgan fingerprint density at radius 2 is 1.41 bits per heavy atom. The molecule has 1 atom stereocenters. The van der Waals surface area contributed by atoms with Crippen LogP contribution in [0.4, 0.5) is 0 Å². The zero-order valence-corrected chi connectivity index (χ0v) is 18.2. The second kappa shape index (κ2) is 11.7. The third kappa shape index (κ3) is 6.43. The molecule has 32 heavy (non-hydrogen) atoms. The van der Waals surface area contributed by atoms with E-state index in [2.05, 4.69) is 0 Å². The summed E-state index contributed by atoms with van der Waals surface area (Å²) in [5.74, 6) is -0.0590. The Bertz CT molecular complexity index is 997. The number of benzene rings is 3. The van der Waals surface area contributed by atoms with Crippen LogP contribution in [0.5, 0.6) is 11.5 Å². The molecule has 0 amide bonds. The lowest BCUT2D eigenvalue weighted by molar-refractivity contribution is -0.142. The summed E-state index contributed by atoms with van der Waals surface area (Å²) in [7, 11) is 1.53. The van der Waals surface area contributed by atoms with Gasteiger partial charge in [-0.1, -0.05) is 49.4 Å². The molecule has 3 rings (SSSR count). The first kappa shape index (κ1) is 23.0. The molecule has 1 unspecified atom stereocenters. The summed E-state index contributed by atoms with van der Waals surface area (Å²) in [6.45, 7) is 2.35. The maximum atomic E-state index is 12.6. The summed E-state index contributed by atoms with van der Waals surface area (Å²) in [6, 6.07) is 23.8. The number of ether oxygens (including phenoxy) is 4. The number of esters is 2. The van der Waals surface area contributed by atoms with Gasteiger partial charge in [0, 0.05) is 7.11 Å². The Morgan fingerprint density at radius 1 is 0.781 bits per heavy atom. The van der Waals surface area contributed by atoms with Gasteiger partial charge in [0.05, 0.1) is 12.2 Å².